The number of likely N-dealkylation sites (tertiary alicyclic amines) is 1. The van der Waals surface area contributed by atoms with Crippen LogP contribution >= 0.6 is 0 Å². The van der Waals surface area contributed by atoms with Gasteiger partial charge in [0.15, 0.2) is 11.5 Å². The zero-order valence-corrected chi connectivity index (χ0v) is 16.9. The van der Waals surface area contributed by atoms with Gasteiger partial charge in [-0.05, 0) is 50.9 Å². The average Bonchev–Trinajstić information content (AvgIpc) is 3.28. The number of morpholine rings is 1. The number of ether oxygens (including phenoxy) is 3. The van der Waals surface area contributed by atoms with Gasteiger partial charge in [0.1, 0.15) is 0 Å². The summed E-state index contributed by atoms with van der Waals surface area (Å²) in [5.41, 5.74) is 1.02. The molecule has 2 fully saturated rings. The van der Waals surface area contributed by atoms with Crippen molar-refractivity contribution in [1.82, 2.24) is 15.1 Å². The van der Waals surface area contributed by atoms with Crippen molar-refractivity contribution in [2.75, 3.05) is 39.5 Å². The lowest BCUT2D eigenvalue weighted by molar-refractivity contribution is -0.123. The van der Waals surface area contributed by atoms with Crippen LogP contribution in [0.3, 0.4) is 0 Å². The van der Waals surface area contributed by atoms with Crippen LogP contribution in [-0.2, 0) is 16.1 Å². The highest BCUT2D eigenvalue weighted by Gasteiger charge is 2.30. The summed E-state index contributed by atoms with van der Waals surface area (Å²) in [5, 5.41) is 3.04. The summed E-state index contributed by atoms with van der Waals surface area (Å²) < 4.78 is 16.6. The smallest absolute Gasteiger partial charge is 0.234 e. The Morgan fingerprint density at radius 3 is 2.79 bits per heavy atom. The number of hydrogen-bond acceptors (Lipinski definition) is 6. The third-order valence-corrected chi connectivity index (χ3v) is 5.74. The molecule has 3 unspecified atom stereocenters. The largest absolute Gasteiger partial charge is 0.454 e. The van der Waals surface area contributed by atoms with Gasteiger partial charge in [-0.1, -0.05) is 6.07 Å². The van der Waals surface area contributed by atoms with Gasteiger partial charge in [0.05, 0.1) is 18.8 Å². The van der Waals surface area contributed by atoms with E-state index in [0.29, 0.717) is 19.1 Å². The fraction of sp³-hybridized carbons (Fsp3) is 0.667. The number of nitrogens with zero attached hydrogens (tertiary/aromatic N) is 2. The minimum absolute atomic E-state index is 0.0771. The number of nitrogens with one attached hydrogen (secondary N) is 1. The maximum atomic E-state index is 12.5. The lowest BCUT2D eigenvalue weighted by Crippen LogP contribution is -2.51. The third kappa shape index (κ3) is 4.77. The number of hydrogen-bond donors (Lipinski definition) is 1. The quantitative estimate of drug-likeness (QED) is 0.798. The van der Waals surface area contributed by atoms with Crippen LogP contribution in [-0.4, -0.2) is 73.5 Å². The molecule has 7 nitrogen and oxygen atoms in total. The highest BCUT2D eigenvalue weighted by molar-refractivity contribution is 5.78. The van der Waals surface area contributed by atoms with Crippen LogP contribution in [0.4, 0.5) is 0 Å². The topological polar surface area (TPSA) is 63.3 Å². The summed E-state index contributed by atoms with van der Waals surface area (Å²) in [6.45, 7) is 9.48. The van der Waals surface area contributed by atoms with E-state index in [0.717, 1.165) is 56.1 Å². The van der Waals surface area contributed by atoms with Gasteiger partial charge in [0, 0.05) is 32.2 Å². The van der Waals surface area contributed by atoms with Crippen molar-refractivity contribution in [3.05, 3.63) is 23.8 Å². The first kappa shape index (κ1) is 19.5. The molecule has 0 saturated carbocycles. The van der Waals surface area contributed by atoms with Gasteiger partial charge in [0.25, 0.3) is 0 Å². The van der Waals surface area contributed by atoms with E-state index in [2.05, 4.69) is 29.0 Å². The van der Waals surface area contributed by atoms with E-state index < -0.39 is 0 Å². The second kappa shape index (κ2) is 8.68. The number of carbonyl (C=O) groups excluding carboxylic acids is 1. The second-order valence-corrected chi connectivity index (χ2v) is 8.21. The predicted molar refractivity (Wildman–Crippen MR) is 105 cm³/mol. The molecule has 3 heterocycles. The molecule has 2 saturated heterocycles. The molecule has 0 bridgehead atoms. The number of fused-ring (bicyclic) bond motifs is 1. The van der Waals surface area contributed by atoms with Crippen molar-refractivity contribution >= 4 is 5.91 Å². The molecule has 4 rings (SSSR count). The maximum Gasteiger partial charge on any atom is 0.234 e. The zero-order valence-electron chi connectivity index (χ0n) is 16.9. The molecule has 0 radical (unpaired) electrons. The Morgan fingerprint density at radius 2 is 1.96 bits per heavy atom. The number of rotatable bonds is 6. The maximum absolute atomic E-state index is 12.5. The standard InChI is InChI=1S/C21H31N3O4/c1-15-10-23(11-16(2)28-15)12-18-4-3-7-24(18)13-21(25)22-9-17-5-6-19-20(8-17)27-14-26-19/h5-6,8,15-16,18H,3-4,7,9-14H2,1-2H3,(H,22,25). The lowest BCUT2D eigenvalue weighted by Gasteiger charge is -2.38. The normalized spacial score (nSPS) is 27.9. The van der Waals surface area contributed by atoms with Crippen molar-refractivity contribution in [3.8, 4) is 11.5 Å². The lowest BCUT2D eigenvalue weighted by atomic mass is 10.1. The molecule has 1 aromatic carbocycles. The summed E-state index contributed by atoms with van der Waals surface area (Å²) in [4.78, 5) is 17.3. The van der Waals surface area contributed by atoms with Crippen molar-refractivity contribution in [2.24, 2.45) is 0 Å². The molecule has 1 aromatic rings. The van der Waals surface area contributed by atoms with Gasteiger partial charge in [-0.2, -0.15) is 0 Å². The molecule has 3 aliphatic heterocycles. The molecule has 28 heavy (non-hydrogen) atoms. The number of amides is 1. The summed E-state index contributed by atoms with van der Waals surface area (Å²) in [7, 11) is 0. The molecule has 7 heteroatoms. The van der Waals surface area contributed by atoms with Crippen LogP contribution in [0.15, 0.2) is 18.2 Å². The van der Waals surface area contributed by atoms with Gasteiger partial charge in [-0.3, -0.25) is 14.6 Å². The van der Waals surface area contributed by atoms with Crippen LogP contribution in [0, 0.1) is 0 Å². The van der Waals surface area contributed by atoms with Crippen LogP contribution in [0.2, 0.25) is 0 Å². The Morgan fingerprint density at radius 1 is 1.18 bits per heavy atom. The second-order valence-electron chi connectivity index (χ2n) is 8.21. The van der Waals surface area contributed by atoms with E-state index in [1.165, 1.54) is 0 Å². The Labute approximate surface area is 166 Å². The Kier molecular flexibility index (Phi) is 6.04. The van der Waals surface area contributed by atoms with E-state index in [4.69, 9.17) is 14.2 Å². The molecule has 0 aliphatic carbocycles. The fourth-order valence-electron chi connectivity index (χ4n) is 4.53. The van der Waals surface area contributed by atoms with Gasteiger partial charge in [0.2, 0.25) is 12.7 Å². The predicted octanol–water partition coefficient (Wildman–Crippen LogP) is 1.61. The summed E-state index contributed by atoms with van der Waals surface area (Å²) in [6, 6.07) is 6.24. The highest BCUT2D eigenvalue weighted by Crippen LogP contribution is 2.32. The first-order valence-electron chi connectivity index (χ1n) is 10.3. The van der Waals surface area contributed by atoms with Crippen molar-refractivity contribution in [2.45, 2.75) is 51.5 Å². The van der Waals surface area contributed by atoms with E-state index in [1.54, 1.807) is 0 Å². The monoisotopic (exact) mass is 389 g/mol. The van der Waals surface area contributed by atoms with Gasteiger partial charge in [-0.25, -0.2) is 0 Å². The average molecular weight is 389 g/mol. The molecular weight excluding hydrogens is 358 g/mol. The minimum atomic E-state index is 0.0771. The first-order valence-corrected chi connectivity index (χ1v) is 10.3. The summed E-state index contributed by atoms with van der Waals surface area (Å²) in [5.74, 6) is 1.59. The first-order chi connectivity index (χ1) is 13.6. The van der Waals surface area contributed by atoms with Gasteiger partial charge >= 0.3 is 0 Å². The molecule has 0 aromatic heterocycles. The molecular formula is C21H31N3O4. The van der Waals surface area contributed by atoms with Crippen LogP contribution in [0.5, 0.6) is 11.5 Å². The number of benzene rings is 1. The molecule has 0 spiro atoms. The molecule has 3 aliphatic rings. The molecule has 1 amide bonds. The molecule has 1 N–H and O–H groups in total. The van der Waals surface area contributed by atoms with Crippen LogP contribution in [0.1, 0.15) is 32.3 Å². The van der Waals surface area contributed by atoms with E-state index >= 15 is 0 Å². The zero-order chi connectivity index (χ0) is 19.5. The van der Waals surface area contributed by atoms with E-state index in [9.17, 15) is 4.79 Å². The van der Waals surface area contributed by atoms with Gasteiger partial charge in [-0.15, -0.1) is 0 Å². The van der Waals surface area contributed by atoms with Crippen molar-refractivity contribution in [1.29, 1.82) is 0 Å². The van der Waals surface area contributed by atoms with Crippen molar-refractivity contribution < 1.29 is 19.0 Å². The third-order valence-electron chi connectivity index (χ3n) is 5.74. The van der Waals surface area contributed by atoms with Crippen molar-refractivity contribution in [3.63, 3.8) is 0 Å². The number of carbonyl (C=O) groups is 1. The van der Waals surface area contributed by atoms with Gasteiger partial charge < -0.3 is 19.5 Å². The Bertz CT molecular complexity index is 688. The van der Waals surface area contributed by atoms with Crippen LogP contribution in [0.25, 0.3) is 0 Å². The van der Waals surface area contributed by atoms with Crippen LogP contribution < -0.4 is 14.8 Å². The molecule has 154 valence electrons. The Hall–Kier alpha value is -1.83. The molecule has 3 atom stereocenters. The van der Waals surface area contributed by atoms with E-state index in [1.807, 2.05) is 18.2 Å². The fourth-order valence-corrected chi connectivity index (χ4v) is 4.53. The summed E-state index contributed by atoms with van der Waals surface area (Å²) in [6.07, 6.45) is 2.89. The summed E-state index contributed by atoms with van der Waals surface area (Å²) >= 11 is 0. The minimum Gasteiger partial charge on any atom is -0.454 e. The Balaban J connectivity index is 1.25. The van der Waals surface area contributed by atoms with E-state index in [-0.39, 0.29) is 24.9 Å². The SMILES string of the molecule is CC1CN(CC2CCCN2CC(=O)NCc2ccc3c(c2)OCO3)CC(C)O1. The highest BCUT2D eigenvalue weighted by atomic mass is 16.7.